The minimum atomic E-state index is -3.44. The predicted molar refractivity (Wildman–Crippen MR) is 151 cm³/mol. The van der Waals surface area contributed by atoms with E-state index in [1.54, 1.807) is 0 Å². The highest BCUT2D eigenvalue weighted by molar-refractivity contribution is 7.89. The van der Waals surface area contributed by atoms with Crippen LogP contribution in [0.15, 0.2) is 29.4 Å². The second-order valence-corrected chi connectivity index (χ2v) is 12.3. The summed E-state index contributed by atoms with van der Waals surface area (Å²) >= 11 is 6.04. The van der Waals surface area contributed by atoms with E-state index >= 15 is 0 Å². The Hall–Kier alpha value is -1.27. The van der Waals surface area contributed by atoms with Crippen LogP contribution >= 0.6 is 11.6 Å². The van der Waals surface area contributed by atoms with Gasteiger partial charge in [-0.15, -0.1) is 5.10 Å². The Kier molecular flexibility index (Phi) is 15.4. The Morgan fingerprint density at radius 1 is 0.800 bits per heavy atom. The number of halogens is 1. The number of hydrogen-bond acceptors (Lipinski definition) is 3. The summed E-state index contributed by atoms with van der Waals surface area (Å²) < 4.78 is 25.1. The van der Waals surface area contributed by atoms with Crippen molar-refractivity contribution >= 4 is 27.5 Å². The van der Waals surface area contributed by atoms with E-state index in [0.29, 0.717) is 17.3 Å². The summed E-state index contributed by atoms with van der Waals surface area (Å²) in [6.45, 7) is 4.05. The zero-order valence-electron chi connectivity index (χ0n) is 21.9. The molecule has 1 fully saturated rings. The first-order valence-electron chi connectivity index (χ1n) is 14.1. The van der Waals surface area contributed by atoms with Crippen LogP contribution in [0.4, 0.5) is 0 Å². The van der Waals surface area contributed by atoms with Gasteiger partial charge in [0.1, 0.15) is 0 Å². The molecular formula is C28H48ClN3O2S. The van der Waals surface area contributed by atoms with Gasteiger partial charge in [0.15, 0.2) is 5.84 Å². The molecule has 1 aliphatic rings. The number of hydrazone groups is 1. The highest BCUT2D eigenvalue weighted by Gasteiger charge is 2.18. The molecule has 200 valence electrons. The van der Waals surface area contributed by atoms with Crippen LogP contribution in [0.25, 0.3) is 0 Å². The van der Waals surface area contributed by atoms with Crippen molar-refractivity contribution in [3.05, 3.63) is 34.9 Å². The van der Waals surface area contributed by atoms with E-state index in [2.05, 4.69) is 21.8 Å². The van der Waals surface area contributed by atoms with Crippen molar-refractivity contribution in [1.29, 1.82) is 0 Å². The highest BCUT2D eigenvalue weighted by atomic mass is 35.5. The molecule has 0 aromatic heterocycles. The summed E-state index contributed by atoms with van der Waals surface area (Å²) in [6.07, 6.45) is 20.9. The summed E-state index contributed by atoms with van der Waals surface area (Å²) in [5.41, 5.74) is 0.885. The second kappa shape index (κ2) is 18.0. The monoisotopic (exact) mass is 525 g/mol. The van der Waals surface area contributed by atoms with Crippen molar-refractivity contribution in [2.24, 2.45) is 5.10 Å². The largest absolute Gasteiger partial charge is 0.355 e. The first kappa shape index (κ1) is 30.0. The summed E-state index contributed by atoms with van der Waals surface area (Å²) in [5.74, 6) is 0.813. The van der Waals surface area contributed by atoms with Gasteiger partial charge in [-0.05, 0) is 49.9 Å². The maximum Gasteiger partial charge on any atom is 0.247 e. The highest BCUT2D eigenvalue weighted by Crippen LogP contribution is 2.17. The Labute approximate surface area is 220 Å². The third-order valence-electron chi connectivity index (χ3n) is 6.82. The molecule has 0 spiro atoms. The lowest BCUT2D eigenvalue weighted by Gasteiger charge is -2.29. The number of nitrogens with one attached hydrogen (secondary N) is 1. The zero-order valence-corrected chi connectivity index (χ0v) is 23.5. The summed E-state index contributed by atoms with van der Waals surface area (Å²) in [6, 6.07) is 7.44. The van der Waals surface area contributed by atoms with Gasteiger partial charge in [-0.3, -0.25) is 0 Å². The van der Waals surface area contributed by atoms with Gasteiger partial charge in [-0.25, -0.2) is 13.2 Å². The number of hydrogen-bond donors (Lipinski definition) is 1. The summed E-state index contributed by atoms with van der Waals surface area (Å²) in [4.78, 5) is 4.67. The van der Waals surface area contributed by atoms with Gasteiger partial charge >= 0.3 is 0 Å². The quantitative estimate of drug-likeness (QED) is 0.0916. The average Bonchev–Trinajstić information content (AvgIpc) is 2.86. The van der Waals surface area contributed by atoms with Gasteiger partial charge in [-0.1, -0.05) is 102 Å². The summed E-state index contributed by atoms with van der Waals surface area (Å²) in [7, 11) is -3.44. The van der Waals surface area contributed by atoms with Gasteiger partial charge in [0.25, 0.3) is 0 Å². The second-order valence-electron chi connectivity index (χ2n) is 10.00. The van der Waals surface area contributed by atoms with Crippen molar-refractivity contribution < 1.29 is 8.42 Å². The maximum atomic E-state index is 12.6. The maximum absolute atomic E-state index is 12.6. The molecular weight excluding hydrogens is 478 g/mol. The molecule has 0 aliphatic carbocycles. The van der Waals surface area contributed by atoms with Crippen molar-refractivity contribution in [3.8, 4) is 0 Å². The number of sulfonamides is 1. The molecule has 5 nitrogen and oxygen atoms in total. The first-order chi connectivity index (χ1) is 17.0. The molecule has 1 aromatic rings. The number of benzene rings is 1. The molecule has 0 radical (unpaired) electrons. The number of likely N-dealkylation sites (tertiary alicyclic amines) is 1. The topological polar surface area (TPSA) is 61.8 Å². The molecule has 1 heterocycles. The van der Waals surface area contributed by atoms with Crippen molar-refractivity contribution in [2.75, 3.05) is 18.8 Å². The molecule has 1 saturated heterocycles. The van der Waals surface area contributed by atoms with E-state index in [0.717, 1.165) is 44.3 Å². The number of unbranched alkanes of at least 4 members (excludes halogenated alkanes) is 13. The van der Waals surface area contributed by atoms with E-state index < -0.39 is 10.0 Å². The van der Waals surface area contributed by atoms with Gasteiger partial charge in [-0.2, -0.15) is 0 Å². The SMILES string of the molecule is CCCCCCCCCCCCCCCCS(=O)(=O)NN=C(c1ccc(Cl)cc1)N1CCCCC1. The lowest BCUT2D eigenvalue weighted by atomic mass is 10.0. The van der Waals surface area contributed by atoms with Crippen LogP contribution in [-0.2, 0) is 10.0 Å². The van der Waals surface area contributed by atoms with Gasteiger partial charge in [0.05, 0.1) is 5.75 Å². The van der Waals surface area contributed by atoms with Gasteiger partial charge in [0.2, 0.25) is 10.0 Å². The van der Waals surface area contributed by atoms with Gasteiger partial charge < -0.3 is 4.90 Å². The standard InChI is InChI=1S/C28H48ClN3O2S/c1-2-3-4-5-6-7-8-9-10-11-12-13-14-18-25-35(33,34)31-30-28(32-23-16-15-17-24-32)26-19-21-27(29)22-20-26/h19-22,31H,2-18,23-25H2,1H3. The number of nitrogens with zero attached hydrogens (tertiary/aromatic N) is 2. The molecule has 0 unspecified atom stereocenters. The lowest BCUT2D eigenvalue weighted by Crippen LogP contribution is -2.38. The number of amidine groups is 1. The van der Waals surface area contributed by atoms with Gasteiger partial charge in [0, 0.05) is 23.7 Å². The third-order valence-corrected chi connectivity index (χ3v) is 8.26. The Morgan fingerprint density at radius 2 is 1.29 bits per heavy atom. The van der Waals surface area contributed by atoms with Crippen LogP contribution < -0.4 is 4.83 Å². The fourth-order valence-electron chi connectivity index (χ4n) is 4.67. The summed E-state index contributed by atoms with van der Waals surface area (Å²) in [5, 5.41) is 5.02. The van der Waals surface area contributed by atoms with E-state index in [-0.39, 0.29) is 5.75 Å². The lowest BCUT2D eigenvalue weighted by molar-refractivity contribution is 0.341. The van der Waals surface area contributed by atoms with Crippen LogP contribution in [-0.4, -0.2) is 38.0 Å². The fraction of sp³-hybridized carbons (Fsp3) is 0.750. The zero-order chi connectivity index (χ0) is 25.2. The average molecular weight is 526 g/mol. The van der Waals surface area contributed by atoms with E-state index in [9.17, 15) is 8.42 Å². The molecule has 2 rings (SSSR count). The van der Waals surface area contributed by atoms with Crippen LogP contribution in [0.1, 0.15) is 122 Å². The van der Waals surface area contributed by atoms with Crippen molar-refractivity contribution in [1.82, 2.24) is 9.73 Å². The molecule has 1 aromatic carbocycles. The predicted octanol–water partition coefficient (Wildman–Crippen LogP) is 7.89. The minimum absolute atomic E-state index is 0.127. The Balaban J connectivity index is 1.63. The number of rotatable bonds is 18. The third kappa shape index (κ3) is 13.6. The molecule has 0 amide bonds. The van der Waals surface area contributed by atoms with E-state index in [4.69, 9.17) is 11.6 Å². The Bertz CT molecular complexity index is 806. The van der Waals surface area contributed by atoms with Crippen LogP contribution in [0.5, 0.6) is 0 Å². The molecule has 7 heteroatoms. The molecule has 35 heavy (non-hydrogen) atoms. The van der Waals surface area contributed by atoms with Crippen LogP contribution in [0.2, 0.25) is 5.02 Å². The number of piperidine rings is 1. The van der Waals surface area contributed by atoms with Crippen LogP contribution in [0.3, 0.4) is 0 Å². The van der Waals surface area contributed by atoms with E-state index in [1.165, 1.54) is 77.0 Å². The molecule has 1 N–H and O–H groups in total. The van der Waals surface area contributed by atoms with Crippen molar-refractivity contribution in [3.63, 3.8) is 0 Å². The Morgan fingerprint density at radius 3 is 1.80 bits per heavy atom. The fourth-order valence-corrected chi connectivity index (χ4v) is 5.69. The normalized spacial score (nSPS) is 14.9. The van der Waals surface area contributed by atoms with Crippen molar-refractivity contribution in [2.45, 2.75) is 116 Å². The van der Waals surface area contributed by atoms with E-state index in [1.807, 2.05) is 24.3 Å². The molecule has 1 aliphatic heterocycles. The molecule has 0 bridgehead atoms. The smallest absolute Gasteiger partial charge is 0.247 e. The molecule has 0 atom stereocenters. The van der Waals surface area contributed by atoms with Crippen LogP contribution in [0, 0.1) is 0 Å². The first-order valence-corrected chi connectivity index (χ1v) is 16.1. The molecule has 0 saturated carbocycles. The minimum Gasteiger partial charge on any atom is -0.355 e.